The van der Waals surface area contributed by atoms with Crippen LogP contribution in [0.5, 0.6) is 0 Å². The molecule has 2 aliphatic heterocycles. The van der Waals surface area contributed by atoms with Gasteiger partial charge < -0.3 is 19.5 Å². The second kappa shape index (κ2) is 8.53. The summed E-state index contributed by atoms with van der Waals surface area (Å²) in [4.78, 5) is 14.5. The van der Waals surface area contributed by atoms with Gasteiger partial charge in [0.1, 0.15) is 0 Å². The molecular weight excluding hydrogens is 282 g/mol. The summed E-state index contributed by atoms with van der Waals surface area (Å²) in [5.74, 6) is 0.829. The summed E-state index contributed by atoms with van der Waals surface area (Å²) in [6.45, 7) is 6.40. The summed E-state index contributed by atoms with van der Waals surface area (Å²) in [5.41, 5.74) is 0. The van der Waals surface area contributed by atoms with Gasteiger partial charge in [-0.1, -0.05) is 6.92 Å². The van der Waals surface area contributed by atoms with Crippen LogP contribution in [0.4, 0.5) is 0 Å². The van der Waals surface area contributed by atoms with Crippen molar-refractivity contribution in [1.82, 2.24) is 4.90 Å². The molecule has 5 heteroatoms. The fraction of sp³-hybridized carbons (Fsp3) is 0.824. The number of aliphatic hydroxyl groups excluding tert-OH is 1. The molecule has 2 aliphatic rings. The quantitative estimate of drug-likeness (QED) is 0.818. The number of carbonyl (C=O) groups excluding carboxylic acids is 1. The largest absolute Gasteiger partial charge is 0.459 e. The lowest BCUT2D eigenvalue weighted by molar-refractivity contribution is -0.174. The van der Waals surface area contributed by atoms with Gasteiger partial charge in [-0.25, -0.2) is 0 Å². The molecule has 0 spiro atoms. The fourth-order valence-corrected chi connectivity index (χ4v) is 3.28. The van der Waals surface area contributed by atoms with Crippen molar-refractivity contribution in [3.63, 3.8) is 0 Å². The van der Waals surface area contributed by atoms with Crippen molar-refractivity contribution >= 4 is 5.91 Å². The number of allylic oxidation sites excluding steroid dienone is 1. The summed E-state index contributed by atoms with van der Waals surface area (Å²) in [5, 5.41) is 9.05. The van der Waals surface area contributed by atoms with Crippen molar-refractivity contribution in [1.29, 1.82) is 0 Å². The summed E-state index contributed by atoms with van der Waals surface area (Å²) < 4.78 is 11.6. The molecule has 0 aromatic carbocycles. The first-order valence-corrected chi connectivity index (χ1v) is 8.57. The van der Waals surface area contributed by atoms with Gasteiger partial charge in [0.2, 0.25) is 6.29 Å². The van der Waals surface area contributed by atoms with Crippen molar-refractivity contribution in [2.24, 2.45) is 11.8 Å². The molecule has 1 saturated heterocycles. The molecule has 3 atom stereocenters. The van der Waals surface area contributed by atoms with Gasteiger partial charge in [-0.05, 0) is 51.0 Å². The van der Waals surface area contributed by atoms with E-state index in [4.69, 9.17) is 14.6 Å². The zero-order valence-corrected chi connectivity index (χ0v) is 13.8. The minimum absolute atomic E-state index is 0.00291. The van der Waals surface area contributed by atoms with Gasteiger partial charge in [0.05, 0.1) is 0 Å². The highest BCUT2D eigenvalue weighted by Crippen LogP contribution is 2.33. The molecular formula is C17H29NO4. The monoisotopic (exact) mass is 311 g/mol. The zero-order chi connectivity index (χ0) is 15.9. The van der Waals surface area contributed by atoms with Crippen LogP contribution in [0.25, 0.3) is 0 Å². The van der Waals surface area contributed by atoms with Crippen LogP contribution in [0.15, 0.2) is 11.8 Å². The van der Waals surface area contributed by atoms with E-state index < -0.39 is 0 Å². The summed E-state index contributed by atoms with van der Waals surface area (Å²) >= 11 is 0. The SMILES string of the molecule is CCO[C@H]1OC(C(=O)N2CCCCC2)=C[C@@H](C)[C@H]1CCCO. The Kier molecular flexibility index (Phi) is 6.70. The maximum Gasteiger partial charge on any atom is 0.288 e. The molecule has 1 fully saturated rings. The molecule has 2 heterocycles. The standard InChI is InChI=1S/C17H29NO4/c1-3-21-17-14(8-7-11-19)13(2)12-15(22-17)16(20)18-9-5-4-6-10-18/h12-14,17,19H,3-11H2,1-2H3/t13-,14-,17+/m1/s1. The number of rotatable bonds is 6. The molecule has 0 saturated carbocycles. The molecule has 126 valence electrons. The number of carbonyl (C=O) groups is 1. The van der Waals surface area contributed by atoms with Gasteiger partial charge >= 0.3 is 0 Å². The van der Waals surface area contributed by atoms with Gasteiger partial charge in [0.25, 0.3) is 5.91 Å². The maximum absolute atomic E-state index is 12.6. The first-order valence-electron chi connectivity index (χ1n) is 8.57. The Morgan fingerprint density at radius 3 is 2.77 bits per heavy atom. The van der Waals surface area contributed by atoms with Crippen LogP contribution < -0.4 is 0 Å². The van der Waals surface area contributed by atoms with Crippen LogP contribution in [0.1, 0.15) is 46.0 Å². The van der Waals surface area contributed by atoms with Crippen LogP contribution >= 0.6 is 0 Å². The number of likely N-dealkylation sites (tertiary alicyclic amines) is 1. The van der Waals surface area contributed by atoms with Crippen molar-refractivity contribution < 1.29 is 19.4 Å². The third-order valence-electron chi connectivity index (χ3n) is 4.56. The first kappa shape index (κ1) is 17.3. The summed E-state index contributed by atoms with van der Waals surface area (Å²) in [6, 6.07) is 0. The third kappa shape index (κ3) is 4.23. The zero-order valence-electron chi connectivity index (χ0n) is 13.8. The summed E-state index contributed by atoms with van der Waals surface area (Å²) in [7, 11) is 0. The number of piperidine rings is 1. The molecule has 0 aromatic rings. The van der Waals surface area contributed by atoms with E-state index in [-0.39, 0.29) is 30.6 Å². The smallest absolute Gasteiger partial charge is 0.288 e. The molecule has 1 amide bonds. The Balaban J connectivity index is 2.06. The van der Waals surface area contributed by atoms with Crippen LogP contribution in [0.2, 0.25) is 0 Å². The number of hydrogen-bond donors (Lipinski definition) is 1. The van der Waals surface area contributed by atoms with E-state index in [1.807, 2.05) is 17.9 Å². The predicted molar refractivity (Wildman–Crippen MR) is 84.0 cm³/mol. The minimum Gasteiger partial charge on any atom is -0.459 e. The Bertz CT molecular complexity index is 390. The maximum atomic E-state index is 12.6. The lowest BCUT2D eigenvalue weighted by Gasteiger charge is -2.37. The minimum atomic E-state index is -0.389. The molecule has 2 rings (SSSR count). The van der Waals surface area contributed by atoms with E-state index >= 15 is 0 Å². The van der Waals surface area contributed by atoms with E-state index in [0.29, 0.717) is 12.4 Å². The number of nitrogens with zero attached hydrogens (tertiary/aromatic N) is 1. The average molecular weight is 311 g/mol. The highest BCUT2D eigenvalue weighted by Gasteiger charge is 2.36. The Hall–Kier alpha value is -1.07. The van der Waals surface area contributed by atoms with Crippen LogP contribution in [-0.2, 0) is 14.3 Å². The highest BCUT2D eigenvalue weighted by molar-refractivity contribution is 5.91. The lowest BCUT2D eigenvalue weighted by atomic mass is 9.86. The molecule has 1 N–H and O–H groups in total. The summed E-state index contributed by atoms with van der Waals surface area (Å²) in [6.07, 6.45) is 6.46. The number of hydrogen-bond acceptors (Lipinski definition) is 4. The van der Waals surface area contributed by atoms with Gasteiger partial charge in [-0.3, -0.25) is 4.79 Å². The molecule has 0 radical (unpaired) electrons. The predicted octanol–water partition coefficient (Wildman–Crippen LogP) is 2.30. The second-order valence-corrected chi connectivity index (χ2v) is 6.21. The average Bonchev–Trinajstić information content (AvgIpc) is 2.54. The molecule has 22 heavy (non-hydrogen) atoms. The van der Waals surface area contributed by atoms with E-state index in [1.165, 1.54) is 6.42 Å². The highest BCUT2D eigenvalue weighted by atomic mass is 16.7. The number of ether oxygens (including phenoxy) is 2. The lowest BCUT2D eigenvalue weighted by Crippen LogP contribution is -2.42. The molecule has 0 bridgehead atoms. The van der Waals surface area contributed by atoms with E-state index in [1.54, 1.807) is 0 Å². The van der Waals surface area contributed by atoms with Gasteiger partial charge in [-0.15, -0.1) is 0 Å². The van der Waals surface area contributed by atoms with Crippen LogP contribution in [0, 0.1) is 11.8 Å². The van der Waals surface area contributed by atoms with Crippen LogP contribution in [-0.4, -0.2) is 48.5 Å². The van der Waals surface area contributed by atoms with Crippen molar-refractivity contribution in [2.75, 3.05) is 26.3 Å². The van der Waals surface area contributed by atoms with Crippen LogP contribution in [0.3, 0.4) is 0 Å². The topological polar surface area (TPSA) is 59.0 Å². The number of aliphatic hydroxyl groups is 1. The normalized spacial score (nSPS) is 29.0. The fourth-order valence-electron chi connectivity index (χ4n) is 3.28. The van der Waals surface area contributed by atoms with Gasteiger partial charge in [0.15, 0.2) is 5.76 Å². The Morgan fingerprint density at radius 1 is 1.41 bits per heavy atom. The van der Waals surface area contributed by atoms with Crippen molar-refractivity contribution in [3.8, 4) is 0 Å². The molecule has 5 nitrogen and oxygen atoms in total. The second-order valence-electron chi connectivity index (χ2n) is 6.21. The Labute approximate surface area is 133 Å². The van der Waals surface area contributed by atoms with E-state index in [0.717, 1.165) is 38.8 Å². The van der Waals surface area contributed by atoms with Crippen molar-refractivity contribution in [2.45, 2.75) is 52.2 Å². The Morgan fingerprint density at radius 2 is 2.14 bits per heavy atom. The number of amides is 1. The van der Waals surface area contributed by atoms with Gasteiger partial charge in [-0.2, -0.15) is 0 Å². The molecule has 0 aromatic heterocycles. The first-order chi connectivity index (χ1) is 10.7. The third-order valence-corrected chi connectivity index (χ3v) is 4.56. The molecule has 0 aliphatic carbocycles. The van der Waals surface area contributed by atoms with E-state index in [2.05, 4.69) is 6.92 Å². The van der Waals surface area contributed by atoms with Crippen molar-refractivity contribution in [3.05, 3.63) is 11.8 Å². The van der Waals surface area contributed by atoms with Gasteiger partial charge in [0, 0.05) is 32.2 Å². The molecule has 0 unspecified atom stereocenters. The van der Waals surface area contributed by atoms with E-state index in [9.17, 15) is 4.79 Å².